The van der Waals surface area contributed by atoms with Crippen LogP contribution in [-0.4, -0.2) is 28.3 Å². The summed E-state index contributed by atoms with van der Waals surface area (Å²) in [6.07, 6.45) is 2.09. The van der Waals surface area contributed by atoms with E-state index < -0.39 is 5.82 Å². The minimum atomic E-state index is -0.525. The van der Waals surface area contributed by atoms with Crippen molar-refractivity contribution in [2.75, 3.05) is 7.11 Å². The molecular formula is C19H14FN3O2S. The van der Waals surface area contributed by atoms with Gasteiger partial charge in [-0.25, -0.2) is 19.3 Å². The molecule has 5 nitrogen and oxygen atoms in total. The lowest BCUT2D eigenvalue weighted by molar-refractivity contribution is 0.112. The molecule has 0 amide bonds. The Bertz CT molecular complexity index is 1190. The molecule has 0 fully saturated rings. The molecule has 0 saturated carbocycles. The molecule has 4 rings (SSSR count). The van der Waals surface area contributed by atoms with Crippen LogP contribution in [0.15, 0.2) is 24.4 Å². The third-order valence-electron chi connectivity index (χ3n) is 4.21. The number of aromatic nitrogens is 3. The van der Waals surface area contributed by atoms with Gasteiger partial charge in [-0.1, -0.05) is 0 Å². The summed E-state index contributed by atoms with van der Waals surface area (Å²) >= 11 is 1.40. The normalized spacial score (nSPS) is 11.2. The number of thiazole rings is 1. The summed E-state index contributed by atoms with van der Waals surface area (Å²) in [5, 5.41) is 0.707. The first-order valence-corrected chi connectivity index (χ1v) is 8.70. The Hall–Kier alpha value is -2.93. The quantitative estimate of drug-likeness (QED) is 0.500. The molecule has 0 aliphatic carbocycles. The molecular weight excluding hydrogens is 353 g/mol. The van der Waals surface area contributed by atoms with E-state index in [4.69, 9.17) is 4.74 Å². The van der Waals surface area contributed by atoms with E-state index >= 15 is 0 Å². The highest BCUT2D eigenvalue weighted by molar-refractivity contribution is 7.21. The van der Waals surface area contributed by atoms with Gasteiger partial charge in [0.2, 0.25) is 5.88 Å². The molecule has 0 aliphatic heterocycles. The predicted molar refractivity (Wildman–Crippen MR) is 99.5 cm³/mol. The fourth-order valence-electron chi connectivity index (χ4n) is 2.93. The van der Waals surface area contributed by atoms with Crippen molar-refractivity contribution in [3.05, 3.63) is 46.9 Å². The number of methoxy groups -OCH3 is 1. The van der Waals surface area contributed by atoms with Crippen LogP contribution in [0.1, 0.15) is 21.5 Å². The number of carbonyl (C=O) groups is 1. The molecule has 0 bridgehead atoms. The van der Waals surface area contributed by atoms with Crippen LogP contribution in [0.4, 0.5) is 4.39 Å². The van der Waals surface area contributed by atoms with Gasteiger partial charge in [0.15, 0.2) is 6.29 Å². The molecule has 0 saturated heterocycles. The number of nitrogens with zero attached hydrogens (tertiary/aromatic N) is 3. The Balaban J connectivity index is 2.01. The summed E-state index contributed by atoms with van der Waals surface area (Å²) in [7, 11) is 1.54. The minimum Gasteiger partial charge on any atom is -0.480 e. The zero-order chi connectivity index (χ0) is 18.4. The highest BCUT2D eigenvalue weighted by Gasteiger charge is 2.17. The van der Waals surface area contributed by atoms with Crippen molar-refractivity contribution in [3.63, 3.8) is 0 Å². The highest BCUT2D eigenvalue weighted by atomic mass is 32.1. The number of benzene rings is 2. The average Bonchev–Trinajstić information content (AvgIpc) is 3.07. The Labute approximate surface area is 152 Å². The molecule has 4 aromatic rings. The maximum Gasteiger partial charge on any atom is 0.232 e. The lowest BCUT2D eigenvalue weighted by Gasteiger charge is -2.06. The number of rotatable bonds is 3. The lowest BCUT2D eigenvalue weighted by Crippen LogP contribution is -1.94. The molecule has 0 atom stereocenters. The molecule has 2 aromatic carbocycles. The summed E-state index contributed by atoms with van der Waals surface area (Å²) in [6, 6.07) is 5.45. The van der Waals surface area contributed by atoms with Crippen LogP contribution in [0.2, 0.25) is 0 Å². The second-order valence-corrected chi connectivity index (χ2v) is 7.01. The van der Waals surface area contributed by atoms with Crippen LogP contribution in [0, 0.1) is 19.7 Å². The number of fused-ring (bicyclic) bond motifs is 2. The molecule has 0 radical (unpaired) electrons. The van der Waals surface area contributed by atoms with Gasteiger partial charge in [0.25, 0.3) is 0 Å². The van der Waals surface area contributed by atoms with E-state index in [9.17, 15) is 9.18 Å². The van der Waals surface area contributed by atoms with Crippen molar-refractivity contribution in [2.45, 2.75) is 13.8 Å². The van der Waals surface area contributed by atoms with E-state index in [1.165, 1.54) is 11.3 Å². The summed E-state index contributed by atoms with van der Waals surface area (Å²) in [5.41, 5.74) is 4.21. The Morgan fingerprint density at radius 1 is 1.15 bits per heavy atom. The number of ether oxygens (including phenoxy) is 1. The molecule has 26 heavy (non-hydrogen) atoms. The van der Waals surface area contributed by atoms with Crippen LogP contribution in [-0.2, 0) is 0 Å². The zero-order valence-electron chi connectivity index (χ0n) is 14.3. The highest BCUT2D eigenvalue weighted by Crippen LogP contribution is 2.36. The first kappa shape index (κ1) is 16.5. The molecule has 2 heterocycles. The largest absolute Gasteiger partial charge is 0.480 e. The topological polar surface area (TPSA) is 65.0 Å². The molecule has 0 unspecified atom stereocenters. The summed E-state index contributed by atoms with van der Waals surface area (Å²) < 4.78 is 20.2. The number of hydrogen-bond donors (Lipinski definition) is 0. The van der Waals surface area contributed by atoms with Crippen LogP contribution in [0.3, 0.4) is 0 Å². The van der Waals surface area contributed by atoms with Crippen molar-refractivity contribution in [1.82, 2.24) is 15.0 Å². The van der Waals surface area contributed by atoms with Crippen LogP contribution in [0.25, 0.3) is 31.8 Å². The second kappa shape index (κ2) is 6.10. The molecule has 2 aromatic heterocycles. The van der Waals surface area contributed by atoms with E-state index in [-0.39, 0.29) is 5.56 Å². The fraction of sp³-hybridized carbons (Fsp3) is 0.158. The van der Waals surface area contributed by atoms with Crippen LogP contribution in [0.5, 0.6) is 5.88 Å². The molecule has 0 aliphatic rings. The van der Waals surface area contributed by atoms with Gasteiger partial charge in [-0.3, -0.25) is 4.79 Å². The van der Waals surface area contributed by atoms with E-state index in [1.807, 2.05) is 19.1 Å². The maximum absolute atomic E-state index is 14.2. The van der Waals surface area contributed by atoms with Crippen molar-refractivity contribution < 1.29 is 13.9 Å². The third kappa shape index (κ3) is 2.52. The standard InChI is InChI=1S/C19H14FN3O2S/c1-9-4-12(18-13(5-9)22-15(25-3)7-21-18)19-23-17-10(2)16(20)11(8-24)6-14(17)26-19/h4-8H,1-3H3. The SMILES string of the molecule is COc1cnc2c(-c3nc4c(C)c(F)c(C=O)cc4s3)cc(C)cc2n1. The molecule has 7 heteroatoms. The zero-order valence-corrected chi connectivity index (χ0v) is 15.1. The maximum atomic E-state index is 14.2. The van der Waals surface area contributed by atoms with E-state index in [0.29, 0.717) is 39.3 Å². The van der Waals surface area contributed by atoms with Crippen molar-refractivity contribution >= 4 is 38.9 Å². The number of carbonyl (C=O) groups excluding carboxylic acids is 1. The monoisotopic (exact) mass is 367 g/mol. The first-order chi connectivity index (χ1) is 12.5. The van der Waals surface area contributed by atoms with E-state index in [1.54, 1.807) is 26.3 Å². The number of aryl methyl sites for hydroxylation is 2. The van der Waals surface area contributed by atoms with Gasteiger partial charge in [-0.05, 0) is 37.6 Å². The lowest BCUT2D eigenvalue weighted by atomic mass is 10.1. The average molecular weight is 367 g/mol. The van der Waals surface area contributed by atoms with Gasteiger partial charge in [0, 0.05) is 11.1 Å². The molecule has 0 N–H and O–H groups in total. The number of halogens is 1. The first-order valence-electron chi connectivity index (χ1n) is 7.88. The third-order valence-corrected chi connectivity index (χ3v) is 5.25. The van der Waals surface area contributed by atoms with Crippen molar-refractivity contribution in [2.24, 2.45) is 0 Å². The van der Waals surface area contributed by atoms with Gasteiger partial charge in [-0.2, -0.15) is 0 Å². The fourth-order valence-corrected chi connectivity index (χ4v) is 4.03. The molecule has 0 spiro atoms. The van der Waals surface area contributed by atoms with Crippen molar-refractivity contribution in [1.29, 1.82) is 0 Å². The molecule has 130 valence electrons. The number of aldehydes is 1. The van der Waals surface area contributed by atoms with Gasteiger partial charge < -0.3 is 4.74 Å². The second-order valence-electron chi connectivity index (χ2n) is 5.98. The Morgan fingerprint density at radius 2 is 1.96 bits per heavy atom. The van der Waals surface area contributed by atoms with Gasteiger partial charge in [-0.15, -0.1) is 11.3 Å². The smallest absolute Gasteiger partial charge is 0.232 e. The van der Waals surface area contributed by atoms with Gasteiger partial charge in [0.05, 0.1) is 40.1 Å². The number of hydrogen-bond acceptors (Lipinski definition) is 6. The van der Waals surface area contributed by atoms with Gasteiger partial charge in [0.1, 0.15) is 10.8 Å². The van der Waals surface area contributed by atoms with Crippen LogP contribution >= 0.6 is 11.3 Å². The predicted octanol–water partition coefficient (Wildman–Crippen LogP) is 4.48. The Kier molecular flexibility index (Phi) is 3.88. The van der Waals surface area contributed by atoms with Gasteiger partial charge >= 0.3 is 0 Å². The van der Waals surface area contributed by atoms with Crippen LogP contribution < -0.4 is 4.74 Å². The summed E-state index contributed by atoms with van der Waals surface area (Å²) in [6.45, 7) is 3.60. The van der Waals surface area contributed by atoms with Crippen molar-refractivity contribution in [3.8, 4) is 16.5 Å². The summed E-state index contributed by atoms with van der Waals surface area (Å²) in [5.74, 6) is -0.0881. The summed E-state index contributed by atoms with van der Waals surface area (Å²) in [4.78, 5) is 24.6. The van der Waals surface area contributed by atoms with E-state index in [2.05, 4.69) is 15.0 Å². The minimum absolute atomic E-state index is 0.0452. The Morgan fingerprint density at radius 3 is 2.69 bits per heavy atom. The van der Waals surface area contributed by atoms with E-state index in [0.717, 1.165) is 15.8 Å².